The van der Waals surface area contributed by atoms with Gasteiger partial charge in [-0.05, 0) is 57.2 Å². The Balaban J connectivity index is 0.00000507. The van der Waals surface area contributed by atoms with Crippen LogP contribution in [0.2, 0.25) is 0 Å². The lowest BCUT2D eigenvalue weighted by molar-refractivity contribution is -0.132. The topological polar surface area (TPSA) is 115 Å². The molecule has 0 aliphatic carbocycles. The van der Waals surface area contributed by atoms with Crippen molar-refractivity contribution in [1.82, 2.24) is 10.6 Å². The van der Waals surface area contributed by atoms with E-state index in [1.165, 1.54) is 0 Å². The molecule has 2 heterocycles. The molecular formula is C29H50N4O5. The van der Waals surface area contributed by atoms with Gasteiger partial charge in [0.2, 0.25) is 11.8 Å². The number of methoxy groups -OCH3 is 1. The van der Waals surface area contributed by atoms with E-state index in [-0.39, 0.29) is 32.0 Å². The van der Waals surface area contributed by atoms with Crippen molar-refractivity contribution in [3.63, 3.8) is 0 Å². The van der Waals surface area contributed by atoms with E-state index < -0.39 is 16.7 Å². The van der Waals surface area contributed by atoms with E-state index >= 15 is 0 Å². The molecular weight excluding hydrogens is 484 g/mol. The molecule has 0 aromatic heterocycles. The van der Waals surface area contributed by atoms with Crippen LogP contribution in [-0.2, 0) is 25.7 Å². The predicted molar refractivity (Wildman–Crippen MR) is 151 cm³/mol. The Morgan fingerprint density at radius 3 is 2.63 bits per heavy atom. The summed E-state index contributed by atoms with van der Waals surface area (Å²) in [5, 5.41) is 6.48. The normalized spacial score (nSPS) is 19.7. The first-order valence-corrected chi connectivity index (χ1v) is 13.4. The molecule has 0 radical (unpaired) electrons. The third kappa shape index (κ3) is 8.85. The highest BCUT2D eigenvalue weighted by Gasteiger charge is 2.34. The van der Waals surface area contributed by atoms with Crippen LogP contribution in [0.1, 0.15) is 66.4 Å². The summed E-state index contributed by atoms with van der Waals surface area (Å²) in [7, 11) is 1.73. The van der Waals surface area contributed by atoms with Crippen LogP contribution >= 0.6 is 0 Å². The van der Waals surface area contributed by atoms with E-state index in [4.69, 9.17) is 19.9 Å². The molecule has 1 saturated heterocycles. The number of nitrogens with two attached hydrogens (primary N) is 1. The Kier molecular flexibility index (Phi) is 11.9. The number of carbonyl (C=O) groups excluding carboxylic acids is 2. The van der Waals surface area contributed by atoms with Gasteiger partial charge in [-0.2, -0.15) is 0 Å². The van der Waals surface area contributed by atoms with Crippen LogP contribution in [0, 0.1) is 10.8 Å². The number of carbonyl (C=O) groups is 2. The van der Waals surface area contributed by atoms with Crippen molar-refractivity contribution in [3.8, 4) is 5.75 Å². The van der Waals surface area contributed by atoms with Crippen molar-refractivity contribution in [2.24, 2.45) is 16.6 Å². The number of benzene rings is 1. The minimum Gasteiger partial charge on any atom is -0.490 e. The summed E-state index contributed by atoms with van der Waals surface area (Å²) in [5.41, 5.74) is 6.37. The van der Waals surface area contributed by atoms with Crippen molar-refractivity contribution >= 4 is 17.5 Å². The smallest absolute Gasteiger partial charge is 0.225 e. The number of piperidine rings is 1. The van der Waals surface area contributed by atoms with Gasteiger partial charge in [0, 0.05) is 44.8 Å². The number of ether oxygens (including phenoxy) is 3. The van der Waals surface area contributed by atoms with E-state index in [2.05, 4.69) is 27.7 Å². The number of fused-ring (bicyclic) bond motifs is 1. The highest BCUT2D eigenvalue weighted by Crippen LogP contribution is 2.33. The number of nitrogens with zero attached hydrogens (tertiary/aromatic N) is 1. The van der Waals surface area contributed by atoms with Crippen LogP contribution < -0.4 is 26.0 Å². The van der Waals surface area contributed by atoms with Gasteiger partial charge in [0.25, 0.3) is 0 Å². The van der Waals surface area contributed by atoms with Gasteiger partial charge < -0.3 is 35.5 Å². The molecule has 9 heteroatoms. The van der Waals surface area contributed by atoms with Gasteiger partial charge in [-0.15, -0.1) is 0 Å². The summed E-state index contributed by atoms with van der Waals surface area (Å²) in [6, 6.07) is 6.55. The Morgan fingerprint density at radius 2 is 1.97 bits per heavy atom. The second kappa shape index (κ2) is 14.1. The molecule has 0 bridgehead atoms. The maximum Gasteiger partial charge on any atom is 0.225 e. The maximum atomic E-state index is 12.8. The first-order chi connectivity index (χ1) is 17.5. The van der Waals surface area contributed by atoms with E-state index in [0.717, 1.165) is 62.5 Å². The Labute approximate surface area is 229 Å². The van der Waals surface area contributed by atoms with E-state index in [1.807, 2.05) is 19.9 Å². The molecule has 0 unspecified atom stereocenters. The maximum absolute atomic E-state index is 12.8. The van der Waals surface area contributed by atoms with Crippen molar-refractivity contribution in [2.75, 3.05) is 51.4 Å². The van der Waals surface area contributed by atoms with Crippen LogP contribution in [0.25, 0.3) is 0 Å². The van der Waals surface area contributed by atoms with Crippen LogP contribution in [0.4, 0.5) is 5.69 Å². The second-order valence-corrected chi connectivity index (χ2v) is 11.6. The number of hydrogen-bond donors (Lipinski definition) is 3. The van der Waals surface area contributed by atoms with Crippen molar-refractivity contribution in [2.45, 2.75) is 79.6 Å². The zero-order chi connectivity index (χ0) is 27.1. The van der Waals surface area contributed by atoms with E-state index in [0.29, 0.717) is 19.6 Å². The molecule has 0 saturated carbocycles. The zero-order valence-corrected chi connectivity index (χ0v) is 23.2. The molecule has 1 aromatic carbocycles. The fourth-order valence-corrected chi connectivity index (χ4v) is 4.80. The molecule has 1 aromatic rings. The number of amides is 2. The molecule has 216 valence electrons. The summed E-state index contributed by atoms with van der Waals surface area (Å²) >= 11 is 0. The molecule has 0 spiro atoms. The van der Waals surface area contributed by atoms with Crippen LogP contribution in [0.15, 0.2) is 18.2 Å². The summed E-state index contributed by atoms with van der Waals surface area (Å²) < 4.78 is 17.3. The third-order valence-corrected chi connectivity index (χ3v) is 7.45. The van der Waals surface area contributed by atoms with Gasteiger partial charge >= 0.3 is 0 Å². The summed E-state index contributed by atoms with van der Waals surface area (Å²) in [6.45, 7) is 12.2. The summed E-state index contributed by atoms with van der Waals surface area (Å²) in [5.74, 6) is 0.447. The lowest BCUT2D eigenvalue weighted by atomic mass is 9.81. The second-order valence-electron chi connectivity index (χ2n) is 11.6. The molecule has 2 atom stereocenters. The average molecular weight is 535 g/mol. The molecule has 2 aliphatic rings. The quantitative estimate of drug-likeness (QED) is 0.333. The van der Waals surface area contributed by atoms with Gasteiger partial charge in [-0.3, -0.25) is 9.59 Å². The van der Waals surface area contributed by atoms with Crippen LogP contribution in [-0.4, -0.2) is 70.5 Å². The molecule has 38 heavy (non-hydrogen) atoms. The molecule has 4 N–H and O–H groups in total. The summed E-state index contributed by atoms with van der Waals surface area (Å²) in [6.07, 6.45) is 3.72. The van der Waals surface area contributed by atoms with Gasteiger partial charge in [-0.25, -0.2) is 0 Å². The number of hydrogen-bond acceptors (Lipinski definition) is 7. The highest BCUT2D eigenvalue weighted by atomic mass is 16.5. The Bertz CT molecular complexity index is 912. The lowest BCUT2D eigenvalue weighted by Crippen LogP contribution is -2.49. The Hall–Kier alpha value is -2.36. The first kappa shape index (κ1) is 31.9. The molecule has 2 amide bonds. The molecule has 9 nitrogen and oxygen atoms in total. The number of rotatable bonds is 13. The van der Waals surface area contributed by atoms with Gasteiger partial charge in [-0.1, -0.05) is 27.3 Å². The molecule has 2 aliphatic heterocycles. The minimum atomic E-state index is -0.771. The minimum absolute atomic E-state index is 0. The lowest BCUT2D eigenvalue weighted by Gasteiger charge is -2.35. The van der Waals surface area contributed by atoms with Crippen LogP contribution in [0.3, 0.4) is 0 Å². The van der Waals surface area contributed by atoms with Crippen molar-refractivity contribution < 1.29 is 23.8 Å². The number of primary amides is 1. The van der Waals surface area contributed by atoms with Crippen molar-refractivity contribution in [3.05, 3.63) is 23.8 Å². The van der Waals surface area contributed by atoms with E-state index in [9.17, 15) is 9.59 Å². The zero-order valence-electron chi connectivity index (χ0n) is 23.2. The monoisotopic (exact) mass is 534 g/mol. The highest BCUT2D eigenvalue weighted by molar-refractivity contribution is 5.84. The van der Waals surface area contributed by atoms with Crippen molar-refractivity contribution in [1.29, 1.82) is 0 Å². The molecule has 1 fully saturated rings. The SMILES string of the molecule is C.COCCCN1CCOc2ccc(CO[C@@H]3CC[C@@H](CC(C)(C)C(=O)NCC(C)(C)C(N)=O)NC3)cc21. The van der Waals surface area contributed by atoms with Gasteiger partial charge in [0.05, 0.1) is 30.4 Å². The van der Waals surface area contributed by atoms with Gasteiger partial charge in [0.1, 0.15) is 12.4 Å². The van der Waals surface area contributed by atoms with Crippen LogP contribution in [0.5, 0.6) is 5.75 Å². The predicted octanol–water partition coefficient (Wildman–Crippen LogP) is 3.24. The standard InChI is InChI=1S/C28H46N4O5.CH4/c1-27(2,26(34)31-19-28(3,4)25(29)33)16-21-8-9-22(17-30-21)37-18-20-7-10-24-23(15-20)32(12-14-36-24)11-6-13-35-5;/h7,10,15,21-22,30H,6,8-9,11-14,16-19H2,1-5H3,(H2,29,33)(H,31,34);1H4/t21-,22+;/m0./s1. The van der Waals surface area contributed by atoms with Gasteiger partial charge in [0.15, 0.2) is 0 Å². The number of anilines is 1. The van der Waals surface area contributed by atoms with E-state index in [1.54, 1.807) is 21.0 Å². The summed E-state index contributed by atoms with van der Waals surface area (Å²) in [4.78, 5) is 26.7. The fourth-order valence-electron chi connectivity index (χ4n) is 4.80. The largest absolute Gasteiger partial charge is 0.490 e. The molecule has 3 rings (SSSR count). The number of nitrogens with one attached hydrogen (secondary N) is 2. The third-order valence-electron chi connectivity index (χ3n) is 7.45. The first-order valence-electron chi connectivity index (χ1n) is 13.4. The average Bonchev–Trinajstić information content (AvgIpc) is 2.86. The Morgan fingerprint density at radius 1 is 1.21 bits per heavy atom. The fraction of sp³-hybridized carbons (Fsp3) is 0.724.